The second-order valence-electron chi connectivity index (χ2n) is 4.99. The standard InChI is InChI=1S/C16H14IN5O/c17-13-7-4-8-14(10-13)19-16(23)15(22-11-18-20-21-22)9-12-5-2-1-3-6-12/h1-8,10-11,15H,9H2,(H,19,23)/t15-/m1/s1. The molecule has 23 heavy (non-hydrogen) atoms. The minimum atomic E-state index is -0.509. The number of rotatable bonds is 5. The van der Waals surface area contributed by atoms with Crippen molar-refractivity contribution in [2.24, 2.45) is 0 Å². The monoisotopic (exact) mass is 419 g/mol. The number of aromatic nitrogens is 4. The van der Waals surface area contributed by atoms with E-state index in [0.717, 1.165) is 14.8 Å². The van der Waals surface area contributed by atoms with Gasteiger partial charge in [0, 0.05) is 15.7 Å². The molecule has 1 N–H and O–H groups in total. The van der Waals surface area contributed by atoms with Crippen molar-refractivity contribution in [1.29, 1.82) is 0 Å². The highest BCUT2D eigenvalue weighted by Crippen LogP contribution is 2.18. The van der Waals surface area contributed by atoms with Crippen LogP contribution in [0.5, 0.6) is 0 Å². The molecule has 116 valence electrons. The number of nitrogens with one attached hydrogen (secondary N) is 1. The molecule has 0 saturated carbocycles. The molecular weight excluding hydrogens is 405 g/mol. The van der Waals surface area contributed by atoms with Crippen LogP contribution >= 0.6 is 22.6 Å². The summed E-state index contributed by atoms with van der Waals surface area (Å²) in [7, 11) is 0. The second kappa shape index (κ2) is 7.32. The summed E-state index contributed by atoms with van der Waals surface area (Å²) in [5.41, 5.74) is 1.80. The van der Waals surface area contributed by atoms with Gasteiger partial charge in [-0.25, -0.2) is 4.68 Å². The molecular formula is C16H14IN5O. The molecule has 0 saturated heterocycles. The Morgan fingerprint density at radius 3 is 2.70 bits per heavy atom. The molecule has 0 aliphatic rings. The van der Waals surface area contributed by atoms with E-state index in [9.17, 15) is 4.79 Å². The van der Waals surface area contributed by atoms with Crippen molar-refractivity contribution >= 4 is 34.2 Å². The Hall–Kier alpha value is -2.29. The first-order chi connectivity index (χ1) is 11.2. The number of amides is 1. The highest BCUT2D eigenvalue weighted by atomic mass is 127. The van der Waals surface area contributed by atoms with Crippen molar-refractivity contribution in [3.63, 3.8) is 0 Å². The second-order valence-corrected chi connectivity index (χ2v) is 6.24. The average molecular weight is 419 g/mol. The minimum absolute atomic E-state index is 0.150. The molecule has 0 radical (unpaired) electrons. The number of anilines is 1. The van der Waals surface area contributed by atoms with Gasteiger partial charge in [0.05, 0.1) is 0 Å². The van der Waals surface area contributed by atoms with Crippen LogP contribution in [0.1, 0.15) is 11.6 Å². The molecule has 0 unspecified atom stereocenters. The molecule has 0 bridgehead atoms. The smallest absolute Gasteiger partial charge is 0.249 e. The zero-order valence-corrected chi connectivity index (χ0v) is 14.3. The van der Waals surface area contributed by atoms with Crippen LogP contribution in [-0.2, 0) is 11.2 Å². The van der Waals surface area contributed by atoms with Crippen molar-refractivity contribution in [3.8, 4) is 0 Å². The van der Waals surface area contributed by atoms with E-state index in [1.165, 1.54) is 11.0 Å². The van der Waals surface area contributed by atoms with Gasteiger partial charge in [0.2, 0.25) is 5.91 Å². The molecule has 2 aromatic carbocycles. The maximum absolute atomic E-state index is 12.7. The molecule has 3 rings (SSSR count). The van der Waals surface area contributed by atoms with E-state index in [0.29, 0.717) is 6.42 Å². The van der Waals surface area contributed by atoms with Crippen LogP contribution in [0.3, 0.4) is 0 Å². The Labute approximate surface area is 147 Å². The molecule has 1 amide bonds. The van der Waals surface area contributed by atoms with E-state index in [-0.39, 0.29) is 5.91 Å². The third kappa shape index (κ3) is 4.13. The van der Waals surface area contributed by atoms with Gasteiger partial charge >= 0.3 is 0 Å². The van der Waals surface area contributed by atoms with Crippen molar-refractivity contribution in [1.82, 2.24) is 20.2 Å². The van der Waals surface area contributed by atoms with E-state index in [4.69, 9.17) is 0 Å². The van der Waals surface area contributed by atoms with Gasteiger partial charge in [-0.2, -0.15) is 0 Å². The number of tetrazole rings is 1. The summed E-state index contributed by atoms with van der Waals surface area (Å²) in [6, 6.07) is 16.9. The van der Waals surface area contributed by atoms with Crippen LogP contribution in [-0.4, -0.2) is 26.1 Å². The normalized spacial score (nSPS) is 11.9. The summed E-state index contributed by atoms with van der Waals surface area (Å²) < 4.78 is 2.54. The van der Waals surface area contributed by atoms with Crippen molar-refractivity contribution in [2.75, 3.05) is 5.32 Å². The summed E-state index contributed by atoms with van der Waals surface area (Å²) >= 11 is 2.21. The molecule has 7 heteroatoms. The maximum Gasteiger partial charge on any atom is 0.249 e. The lowest BCUT2D eigenvalue weighted by atomic mass is 10.1. The lowest BCUT2D eigenvalue weighted by Gasteiger charge is -2.16. The summed E-state index contributed by atoms with van der Waals surface area (Å²) in [6.45, 7) is 0. The van der Waals surface area contributed by atoms with Gasteiger partial charge in [-0.15, -0.1) is 5.10 Å². The molecule has 0 aliphatic heterocycles. The van der Waals surface area contributed by atoms with Gasteiger partial charge in [0.1, 0.15) is 12.4 Å². The van der Waals surface area contributed by atoms with Gasteiger partial charge in [-0.1, -0.05) is 36.4 Å². The van der Waals surface area contributed by atoms with Gasteiger partial charge in [-0.3, -0.25) is 4.79 Å². The van der Waals surface area contributed by atoms with Crippen molar-refractivity contribution in [3.05, 3.63) is 70.1 Å². The van der Waals surface area contributed by atoms with E-state index in [2.05, 4.69) is 43.4 Å². The minimum Gasteiger partial charge on any atom is -0.324 e. The quantitative estimate of drug-likeness (QED) is 0.646. The Balaban J connectivity index is 1.82. The Kier molecular flexibility index (Phi) is 4.96. The number of hydrogen-bond acceptors (Lipinski definition) is 4. The predicted molar refractivity (Wildman–Crippen MR) is 94.8 cm³/mol. The highest BCUT2D eigenvalue weighted by Gasteiger charge is 2.22. The van der Waals surface area contributed by atoms with Crippen LogP contribution in [0.2, 0.25) is 0 Å². The number of hydrogen-bond donors (Lipinski definition) is 1. The van der Waals surface area contributed by atoms with Crippen molar-refractivity contribution < 1.29 is 4.79 Å². The first-order valence-electron chi connectivity index (χ1n) is 7.05. The topological polar surface area (TPSA) is 72.7 Å². The fourth-order valence-corrected chi connectivity index (χ4v) is 2.79. The number of carbonyl (C=O) groups excluding carboxylic acids is 1. The molecule has 1 heterocycles. The Morgan fingerprint density at radius 2 is 2.00 bits per heavy atom. The molecule has 0 spiro atoms. The van der Waals surface area contributed by atoms with E-state index in [1.54, 1.807) is 0 Å². The largest absolute Gasteiger partial charge is 0.324 e. The zero-order valence-electron chi connectivity index (χ0n) is 12.1. The predicted octanol–water partition coefficient (Wildman–Crippen LogP) is 2.70. The van der Waals surface area contributed by atoms with Gasteiger partial charge < -0.3 is 5.32 Å². The molecule has 0 fully saturated rings. The maximum atomic E-state index is 12.7. The van der Waals surface area contributed by atoms with Crippen LogP contribution in [0.15, 0.2) is 60.9 Å². The lowest BCUT2D eigenvalue weighted by molar-refractivity contribution is -0.119. The number of carbonyl (C=O) groups is 1. The molecule has 1 atom stereocenters. The van der Waals surface area contributed by atoms with Crippen LogP contribution < -0.4 is 5.32 Å². The van der Waals surface area contributed by atoms with Gasteiger partial charge in [-0.05, 0) is 56.8 Å². The first kappa shape index (κ1) is 15.6. The Bertz CT molecular complexity index is 776. The van der Waals surface area contributed by atoms with Crippen molar-refractivity contribution in [2.45, 2.75) is 12.5 Å². The summed E-state index contributed by atoms with van der Waals surface area (Å²) in [5, 5.41) is 14.1. The Morgan fingerprint density at radius 1 is 1.17 bits per heavy atom. The first-order valence-corrected chi connectivity index (χ1v) is 8.13. The molecule has 1 aromatic heterocycles. The third-order valence-electron chi connectivity index (χ3n) is 3.35. The highest BCUT2D eigenvalue weighted by molar-refractivity contribution is 14.1. The van der Waals surface area contributed by atoms with Crippen LogP contribution in [0.4, 0.5) is 5.69 Å². The van der Waals surface area contributed by atoms with Crippen LogP contribution in [0.25, 0.3) is 0 Å². The summed E-state index contributed by atoms with van der Waals surface area (Å²) in [6.07, 6.45) is 1.98. The zero-order chi connectivity index (χ0) is 16.1. The van der Waals surface area contributed by atoms with E-state index in [1.807, 2.05) is 54.6 Å². The summed E-state index contributed by atoms with van der Waals surface area (Å²) in [5.74, 6) is -0.150. The van der Waals surface area contributed by atoms with Crippen LogP contribution in [0, 0.1) is 3.57 Å². The fraction of sp³-hybridized carbons (Fsp3) is 0.125. The molecule has 0 aliphatic carbocycles. The number of benzene rings is 2. The third-order valence-corrected chi connectivity index (χ3v) is 4.02. The lowest BCUT2D eigenvalue weighted by Crippen LogP contribution is -2.28. The fourth-order valence-electron chi connectivity index (χ4n) is 2.25. The number of nitrogens with zero attached hydrogens (tertiary/aromatic N) is 4. The van der Waals surface area contributed by atoms with E-state index < -0.39 is 6.04 Å². The van der Waals surface area contributed by atoms with Gasteiger partial charge in [0.25, 0.3) is 0 Å². The molecule has 3 aromatic rings. The van der Waals surface area contributed by atoms with E-state index >= 15 is 0 Å². The molecule has 6 nitrogen and oxygen atoms in total. The SMILES string of the molecule is O=C(Nc1cccc(I)c1)[C@@H](Cc1ccccc1)n1cnnn1. The summed E-state index contributed by atoms with van der Waals surface area (Å²) in [4.78, 5) is 12.7. The van der Waals surface area contributed by atoms with Gasteiger partial charge in [0.15, 0.2) is 0 Å². The number of halogens is 1. The average Bonchev–Trinajstić information content (AvgIpc) is 3.07.